The number of aromatic nitrogens is 4. The van der Waals surface area contributed by atoms with E-state index < -0.39 is 10.6 Å². The van der Waals surface area contributed by atoms with Gasteiger partial charge in [0.2, 0.25) is 5.89 Å². The second-order valence-corrected chi connectivity index (χ2v) is 10.8. The van der Waals surface area contributed by atoms with Crippen LogP contribution < -0.4 is 11.1 Å². The van der Waals surface area contributed by atoms with Crippen LogP contribution in [0.15, 0.2) is 58.0 Å². The van der Waals surface area contributed by atoms with Gasteiger partial charge < -0.3 is 15.5 Å². The lowest BCUT2D eigenvalue weighted by atomic mass is 10.1. The van der Waals surface area contributed by atoms with E-state index in [1.807, 2.05) is 44.3 Å². The Kier molecular flexibility index (Phi) is 6.67. The number of hydrogen-bond acceptors (Lipinski definition) is 9. The number of aryl methyl sites for hydroxylation is 1. The van der Waals surface area contributed by atoms with E-state index in [4.69, 9.17) is 10.2 Å². The molecule has 0 unspecified atom stereocenters. The summed E-state index contributed by atoms with van der Waals surface area (Å²) in [4.78, 5) is 9.40. The molecule has 0 fully saturated rings. The molecular formula is C24H32N6O3S. The minimum atomic E-state index is -2.89. The van der Waals surface area contributed by atoms with Crippen molar-refractivity contribution in [2.45, 2.75) is 37.5 Å². The third-order valence-corrected chi connectivity index (χ3v) is 7.88. The summed E-state index contributed by atoms with van der Waals surface area (Å²) in [6.07, 6.45) is 1.56. The first-order valence-electron chi connectivity index (χ1n) is 10.8. The van der Waals surface area contributed by atoms with Crippen LogP contribution in [0.2, 0.25) is 0 Å². The first kappa shape index (κ1) is 23.8. The molecule has 0 saturated heterocycles. The second kappa shape index (κ2) is 9.51. The van der Waals surface area contributed by atoms with Gasteiger partial charge in [-0.3, -0.25) is 9.11 Å². The van der Waals surface area contributed by atoms with Gasteiger partial charge >= 0.3 is 0 Å². The predicted molar refractivity (Wildman–Crippen MR) is 139 cm³/mol. The fourth-order valence-corrected chi connectivity index (χ4v) is 4.81. The van der Waals surface area contributed by atoms with Crippen LogP contribution in [0.1, 0.15) is 27.8 Å². The quantitative estimate of drug-likeness (QED) is 0.268. The van der Waals surface area contributed by atoms with Crippen LogP contribution in [0.4, 0.5) is 5.82 Å². The summed E-state index contributed by atoms with van der Waals surface area (Å²) < 4.78 is 26.9. The summed E-state index contributed by atoms with van der Waals surface area (Å²) in [7, 11) is -0.992. The molecule has 0 aliphatic heterocycles. The van der Waals surface area contributed by atoms with E-state index in [-0.39, 0.29) is 25.5 Å². The lowest BCUT2D eigenvalue weighted by Crippen LogP contribution is -2.11. The van der Waals surface area contributed by atoms with Gasteiger partial charge in [-0.2, -0.15) is 10.6 Å². The van der Waals surface area contributed by atoms with Crippen molar-refractivity contribution >= 4 is 16.4 Å². The number of nitrogens with one attached hydrogen (secondary N) is 1. The highest BCUT2D eigenvalue weighted by atomic mass is 32.3. The Morgan fingerprint density at radius 1 is 1.06 bits per heavy atom. The highest BCUT2D eigenvalue weighted by Gasteiger charge is 2.23. The minimum Gasteiger partial charge on any atom is -0.414 e. The van der Waals surface area contributed by atoms with Gasteiger partial charge in [-0.25, -0.2) is 9.97 Å². The fraction of sp³-hybridized carbons (Fsp3) is 0.250. The van der Waals surface area contributed by atoms with Crippen molar-refractivity contribution in [3.63, 3.8) is 0 Å². The van der Waals surface area contributed by atoms with Crippen LogP contribution in [0.3, 0.4) is 0 Å². The van der Waals surface area contributed by atoms with Crippen LogP contribution in [0, 0.1) is 6.92 Å². The van der Waals surface area contributed by atoms with Gasteiger partial charge in [-0.15, -0.1) is 10.2 Å². The second-order valence-electron chi connectivity index (χ2n) is 8.25. The minimum absolute atomic E-state index is 0. The Hall–Kier alpha value is -3.31. The van der Waals surface area contributed by atoms with E-state index in [0.29, 0.717) is 16.5 Å². The topological polar surface area (TPSA) is 143 Å². The molecule has 0 aliphatic rings. The molecule has 9 nitrogen and oxygen atoms in total. The summed E-state index contributed by atoms with van der Waals surface area (Å²) in [6, 6.07) is 13.2. The zero-order chi connectivity index (χ0) is 24.5. The largest absolute Gasteiger partial charge is 0.414 e. The van der Waals surface area contributed by atoms with Crippen molar-refractivity contribution in [1.29, 1.82) is 0 Å². The van der Waals surface area contributed by atoms with Crippen molar-refractivity contribution in [2.24, 2.45) is 0 Å². The van der Waals surface area contributed by atoms with E-state index in [1.165, 1.54) is 0 Å². The number of hydrogen-bond donors (Lipinski definition) is 4. The Labute approximate surface area is 202 Å². The molecule has 2 aromatic heterocycles. The number of benzene rings is 2. The molecule has 10 heteroatoms. The van der Waals surface area contributed by atoms with Crippen LogP contribution >= 0.6 is 10.6 Å². The Morgan fingerprint density at radius 3 is 2.38 bits per heavy atom. The van der Waals surface area contributed by atoms with Gasteiger partial charge in [0, 0.05) is 25.8 Å². The Morgan fingerprint density at radius 2 is 1.74 bits per heavy atom. The Balaban J connectivity index is 0.00000228. The first-order chi connectivity index (χ1) is 16.2. The average Bonchev–Trinajstić information content (AvgIpc) is 3.30. The van der Waals surface area contributed by atoms with Crippen LogP contribution in [-0.2, 0) is 6.54 Å². The fourth-order valence-electron chi connectivity index (χ4n) is 3.50. The summed E-state index contributed by atoms with van der Waals surface area (Å²) in [5.74, 6) is 0.700. The molecule has 0 radical (unpaired) electrons. The van der Waals surface area contributed by atoms with Crippen molar-refractivity contribution in [3.05, 3.63) is 59.8 Å². The van der Waals surface area contributed by atoms with E-state index in [2.05, 4.69) is 25.5 Å². The highest BCUT2D eigenvalue weighted by molar-refractivity contribution is 8.24. The highest BCUT2D eigenvalue weighted by Crippen LogP contribution is 2.53. The Bertz CT molecular complexity index is 1320. The molecule has 0 amide bonds. The molecule has 2 aromatic carbocycles. The molecule has 0 spiro atoms. The molecule has 0 atom stereocenters. The summed E-state index contributed by atoms with van der Waals surface area (Å²) >= 11 is 0. The standard InChI is InChI=1S/C24H28N6O3S.2H2/c1-14(2)34(31,32)20-10-9-18(11-15(20)3)19-13-27-22(25)21(28-19)24-30-29-23(33-24)17-7-5-16(6-8-17)12-26-4;;/h5-11,13-14,26,31-32H,12H2,1-4H3,(H2,25,27);2*1H. The van der Waals surface area contributed by atoms with Gasteiger partial charge in [0.1, 0.15) is 0 Å². The predicted octanol–water partition coefficient (Wildman–Crippen LogP) is 5.48. The molecule has 182 valence electrons. The number of nitrogens with two attached hydrogens (primary N) is 1. The summed E-state index contributed by atoms with van der Waals surface area (Å²) in [6.45, 7) is 6.18. The lowest BCUT2D eigenvalue weighted by Gasteiger charge is -2.37. The van der Waals surface area contributed by atoms with Crippen molar-refractivity contribution in [1.82, 2.24) is 25.5 Å². The molecule has 4 aromatic rings. The summed E-state index contributed by atoms with van der Waals surface area (Å²) in [5, 5.41) is 11.1. The lowest BCUT2D eigenvalue weighted by molar-refractivity contribution is 0.476. The molecule has 4 rings (SSSR count). The zero-order valence-corrected chi connectivity index (χ0v) is 20.3. The SMILES string of the molecule is CNCc1ccc(-c2nnc(-c3nc(-c4ccc(S(O)(O)C(C)C)c(C)c4)cnc3N)o2)cc1.[HH].[HH]. The molecule has 0 bridgehead atoms. The smallest absolute Gasteiger partial charge is 0.270 e. The third kappa shape index (κ3) is 4.66. The van der Waals surface area contributed by atoms with Crippen LogP contribution in [0.25, 0.3) is 34.3 Å². The first-order valence-corrected chi connectivity index (χ1v) is 12.4. The van der Waals surface area contributed by atoms with E-state index in [0.717, 1.165) is 28.8 Å². The van der Waals surface area contributed by atoms with Gasteiger partial charge in [-0.1, -0.05) is 18.2 Å². The molecule has 0 aliphatic carbocycles. The maximum atomic E-state index is 10.5. The van der Waals surface area contributed by atoms with Crippen molar-refractivity contribution < 1.29 is 16.4 Å². The molecule has 0 saturated carbocycles. The van der Waals surface area contributed by atoms with Gasteiger partial charge in [0.05, 0.1) is 16.8 Å². The third-order valence-electron chi connectivity index (χ3n) is 5.46. The van der Waals surface area contributed by atoms with Crippen LogP contribution in [0.5, 0.6) is 0 Å². The normalized spacial score (nSPS) is 12.3. The average molecular weight is 485 g/mol. The molecular weight excluding hydrogens is 452 g/mol. The molecule has 2 heterocycles. The number of anilines is 1. The van der Waals surface area contributed by atoms with Crippen molar-refractivity contribution in [2.75, 3.05) is 12.8 Å². The molecule has 34 heavy (non-hydrogen) atoms. The van der Waals surface area contributed by atoms with Gasteiger partial charge in [0.25, 0.3) is 5.89 Å². The zero-order valence-electron chi connectivity index (χ0n) is 19.5. The van der Waals surface area contributed by atoms with Crippen LogP contribution in [-0.4, -0.2) is 41.6 Å². The molecule has 5 N–H and O–H groups in total. The van der Waals surface area contributed by atoms with Gasteiger partial charge in [0.15, 0.2) is 11.5 Å². The number of nitrogens with zero attached hydrogens (tertiary/aromatic N) is 4. The summed E-state index contributed by atoms with van der Waals surface area (Å²) in [5.41, 5.74) is 10.4. The maximum Gasteiger partial charge on any atom is 0.270 e. The number of nitrogen functional groups attached to an aromatic ring is 1. The monoisotopic (exact) mass is 484 g/mol. The van der Waals surface area contributed by atoms with Gasteiger partial charge in [-0.05, 0) is 63.2 Å². The van der Waals surface area contributed by atoms with E-state index in [1.54, 1.807) is 32.2 Å². The number of rotatable bonds is 7. The van der Waals surface area contributed by atoms with E-state index >= 15 is 0 Å². The van der Waals surface area contributed by atoms with Crippen molar-refractivity contribution in [3.8, 4) is 34.3 Å². The van der Waals surface area contributed by atoms with E-state index in [9.17, 15) is 9.11 Å². The maximum absolute atomic E-state index is 10.5.